The molecule has 0 spiro atoms. The summed E-state index contributed by atoms with van der Waals surface area (Å²) in [5.41, 5.74) is 1.43. The van der Waals surface area contributed by atoms with E-state index in [2.05, 4.69) is 10.3 Å². The fourth-order valence-corrected chi connectivity index (χ4v) is 2.19. The summed E-state index contributed by atoms with van der Waals surface area (Å²) in [7, 11) is 0. The lowest BCUT2D eigenvalue weighted by atomic mass is 10.1. The molecule has 0 amide bonds. The molecule has 0 fully saturated rings. The highest BCUT2D eigenvalue weighted by Gasteiger charge is 2.12. The van der Waals surface area contributed by atoms with Gasteiger partial charge in [-0.3, -0.25) is 4.98 Å². The first-order chi connectivity index (χ1) is 9.65. The van der Waals surface area contributed by atoms with Gasteiger partial charge in [0.25, 0.3) is 0 Å². The molecule has 2 nitrogen and oxygen atoms in total. The average molecular weight is 291 g/mol. The van der Waals surface area contributed by atoms with Crippen LogP contribution in [0.2, 0.25) is 5.02 Å². The second-order valence-electron chi connectivity index (χ2n) is 4.25. The highest BCUT2D eigenvalue weighted by Crippen LogP contribution is 2.29. The zero-order valence-electron chi connectivity index (χ0n) is 10.2. The van der Waals surface area contributed by atoms with Gasteiger partial charge >= 0.3 is 0 Å². The van der Waals surface area contributed by atoms with Crippen LogP contribution in [0.4, 0.5) is 20.2 Å². The minimum absolute atomic E-state index is 0.136. The predicted molar refractivity (Wildman–Crippen MR) is 76.4 cm³/mol. The third kappa shape index (κ3) is 2.30. The van der Waals surface area contributed by atoms with E-state index in [1.807, 2.05) is 0 Å². The Morgan fingerprint density at radius 1 is 1.05 bits per heavy atom. The average Bonchev–Trinajstić information content (AvgIpc) is 2.45. The van der Waals surface area contributed by atoms with Gasteiger partial charge in [0, 0.05) is 28.4 Å². The van der Waals surface area contributed by atoms with Gasteiger partial charge < -0.3 is 5.32 Å². The van der Waals surface area contributed by atoms with E-state index in [0.29, 0.717) is 21.9 Å². The molecule has 0 unspecified atom stereocenters. The van der Waals surface area contributed by atoms with Gasteiger partial charge in [-0.25, -0.2) is 8.78 Å². The summed E-state index contributed by atoms with van der Waals surface area (Å²) in [6.45, 7) is 0. The van der Waals surface area contributed by atoms with Gasteiger partial charge in [0.15, 0.2) is 11.6 Å². The first-order valence-electron chi connectivity index (χ1n) is 5.90. The molecule has 0 aliphatic rings. The number of nitrogens with zero attached hydrogens (tertiary/aromatic N) is 1. The molecule has 20 heavy (non-hydrogen) atoms. The first kappa shape index (κ1) is 12.8. The van der Waals surface area contributed by atoms with Crippen molar-refractivity contribution in [3.8, 4) is 0 Å². The fourth-order valence-electron chi connectivity index (χ4n) is 2.00. The van der Waals surface area contributed by atoms with Crippen molar-refractivity contribution in [3.05, 3.63) is 65.3 Å². The standard InChI is InChI=1S/C15H9ClF2N2/c16-9-3-1-4-10(7-9)20-13-8-12(17)14(18)11-5-2-6-19-15(11)13/h1-8,20H. The number of hydrogen-bond donors (Lipinski definition) is 1. The van der Waals surface area contributed by atoms with E-state index < -0.39 is 11.6 Å². The van der Waals surface area contributed by atoms with Gasteiger partial charge in [0.05, 0.1) is 11.2 Å². The maximum atomic E-state index is 13.7. The van der Waals surface area contributed by atoms with Gasteiger partial charge in [0.2, 0.25) is 0 Å². The Morgan fingerprint density at radius 2 is 1.90 bits per heavy atom. The number of anilines is 2. The van der Waals surface area contributed by atoms with E-state index in [1.165, 1.54) is 12.3 Å². The monoisotopic (exact) mass is 290 g/mol. The SMILES string of the molecule is Fc1cc(Nc2cccc(Cl)c2)c2ncccc2c1F. The maximum absolute atomic E-state index is 13.7. The van der Waals surface area contributed by atoms with Crippen LogP contribution in [0.3, 0.4) is 0 Å². The summed E-state index contributed by atoms with van der Waals surface area (Å²) < 4.78 is 27.3. The van der Waals surface area contributed by atoms with Crippen molar-refractivity contribution < 1.29 is 8.78 Å². The second kappa shape index (κ2) is 5.06. The Labute approximate surface area is 119 Å². The van der Waals surface area contributed by atoms with Crippen molar-refractivity contribution in [1.29, 1.82) is 0 Å². The van der Waals surface area contributed by atoms with Crippen molar-refractivity contribution in [3.63, 3.8) is 0 Å². The number of pyridine rings is 1. The van der Waals surface area contributed by atoms with E-state index in [1.54, 1.807) is 30.3 Å². The maximum Gasteiger partial charge on any atom is 0.168 e. The van der Waals surface area contributed by atoms with Gasteiger partial charge in [-0.15, -0.1) is 0 Å². The molecule has 5 heteroatoms. The zero-order valence-corrected chi connectivity index (χ0v) is 11.0. The van der Waals surface area contributed by atoms with Crippen LogP contribution in [0.15, 0.2) is 48.7 Å². The number of fused-ring (bicyclic) bond motifs is 1. The second-order valence-corrected chi connectivity index (χ2v) is 4.69. The molecule has 0 bridgehead atoms. The van der Waals surface area contributed by atoms with Crippen molar-refractivity contribution in [2.45, 2.75) is 0 Å². The number of hydrogen-bond acceptors (Lipinski definition) is 2. The highest BCUT2D eigenvalue weighted by molar-refractivity contribution is 6.30. The summed E-state index contributed by atoms with van der Waals surface area (Å²) >= 11 is 5.90. The van der Waals surface area contributed by atoms with Crippen LogP contribution >= 0.6 is 11.6 Å². The van der Waals surface area contributed by atoms with Crippen molar-refractivity contribution in [2.75, 3.05) is 5.32 Å². The van der Waals surface area contributed by atoms with E-state index in [4.69, 9.17) is 11.6 Å². The molecule has 1 aromatic heterocycles. The van der Waals surface area contributed by atoms with E-state index >= 15 is 0 Å². The van der Waals surface area contributed by atoms with E-state index in [9.17, 15) is 8.78 Å². The number of rotatable bonds is 2. The van der Waals surface area contributed by atoms with Crippen LogP contribution in [0.1, 0.15) is 0 Å². The first-order valence-corrected chi connectivity index (χ1v) is 6.28. The molecule has 0 radical (unpaired) electrons. The van der Waals surface area contributed by atoms with Crippen molar-refractivity contribution in [1.82, 2.24) is 4.98 Å². The third-order valence-corrected chi connectivity index (χ3v) is 3.12. The lowest BCUT2D eigenvalue weighted by Gasteiger charge is -2.10. The van der Waals surface area contributed by atoms with Crippen LogP contribution < -0.4 is 5.32 Å². The van der Waals surface area contributed by atoms with Crippen LogP contribution in [0.25, 0.3) is 10.9 Å². The zero-order chi connectivity index (χ0) is 14.1. The highest BCUT2D eigenvalue weighted by atomic mass is 35.5. The van der Waals surface area contributed by atoms with Crippen LogP contribution in [-0.2, 0) is 0 Å². The Kier molecular flexibility index (Phi) is 3.24. The Hall–Kier alpha value is -2.20. The van der Waals surface area contributed by atoms with E-state index in [-0.39, 0.29) is 5.39 Å². The molecule has 1 N–H and O–H groups in total. The van der Waals surface area contributed by atoms with Crippen LogP contribution in [0, 0.1) is 11.6 Å². The Balaban J connectivity index is 2.14. The van der Waals surface area contributed by atoms with Gasteiger partial charge in [-0.1, -0.05) is 17.7 Å². The minimum Gasteiger partial charge on any atom is -0.354 e. The largest absolute Gasteiger partial charge is 0.354 e. The molecule has 1 heterocycles. The number of nitrogens with one attached hydrogen (secondary N) is 1. The minimum atomic E-state index is -0.921. The molecule has 0 atom stereocenters. The van der Waals surface area contributed by atoms with E-state index in [0.717, 1.165) is 6.07 Å². The number of aromatic nitrogens is 1. The number of benzene rings is 2. The van der Waals surface area contributed by atoms with Crippen molar-refractivity contribution in [2.24, 2.45) is 0 Å². The molecule has 3 aromatic rings. The lowest BCUT2D eigenvalue weighted by Crippen LogP contribution is -1.97. The van der Waals surface area contributed by atoms with Gasteiger partial charge in [0.1, 0.15) is 0 Å². The fraction of sp³-hybridized carbons (Fsp3) is 0. The van der Waals surface area contributed by atoms with Crippen molar-refractivity contribution >= 4 is 33.9 Å². The third-order valence-electron chi connectivity index (χ3n) is 2.88. The molecule has 0 aliphatic carbocycles. The molecule has 3 rings (SSSR count). The molecule has 100 valence electrons. The molecule has 0 aliphatic heterocycles. The predicted octanol–water partition coefficient (Wildman–Crippen LogP) is 4.91. The summed E-state index contributed by atoms with van der Waals surface area (Å²) in [6.07, 6.45) is 1.53. The van der Waals surface area contributed by atoms with Crippen LogP contribution in [0.5, 0.6) is 0 Å². The summed E-state index contributed by atoms with van der Waals surface area (Å²) in [5.74, 6) is -1.82. The Bertz CT molecular complexity index is 790. The summed E-state index contributed by atoms with van der Waals surface area (Å²) in [4.78, 5) is 4.10. The summed E-state index contributed by atoms with van der Waals surface area (Å²) in [5, 5.41) is 3.69. The summed E-state index contributed by atoms with van der Waals surface area (Å²) in [6, 6.07) is 11.1. The Morgan fingerprint density at radius 3 is 2.70 bits per heavy atom. The molecular weight excluding hydrogens is 282 g/mol. The van der Waals surface area contributed by atoms with Gasteiger partial charge in [-0.05, 0) is 30.3 Å². The molecular formula is C15H9ClF2N2. The van der Waals surface area contributed by atoms with Crippen LogP contribution in [-0.4, -0.2) is 4.98 Å². The quantitative estimate of drug-likeness (QED) is 0.725. The van der Waals surface area contributed by atoms with Gasteiger partial charge in [-0.2, -0.15) is 0 Å². The number of halogens is 3. The lowest BCUT2D eigenvalue weighted by molar-refractivity contribution is 0.517. The molecule has 2 aromatic carbocycles. The topological polar surface area (TPSA) is 24.9 Å². The normalized spacial score (nSPS) is 10.8. The molecule has 0 saturated carbocycles. The molecule has 0 saturated heterocycles. The smallest absolute Gasteiger partial charge is 0.168 e.